The lowest BCUT2D eigenvalue weighted by atomic mass is 9.92. The van der Waals surface area contributed by atoms with Crippen LogP contribution in [0.15, 0.2) is 18.3 Å². The maximum absolute atomic E-state index is 12.5. The average molecular weight is 315 g/mol. The van der Waals surface area contributed by atoms with Crippen molar-refractivity contribution in [3.8, 4) is 0 Å². The smallest absolute Gasteiger partial charge is 0.369 e. The zero-order valence-electron chi connectivity index (χ0n) is 11.9. The van der Waals surface area contributed by atoms with Gasteiger partial charge in [0.05, 0.1) is 11.5 Å². The Morgan fingerprint density at radius 1 is 1.32 bits per heavy atom. The van der Waals surface area contributed by atoms with Crippen LogP contribution in [0, 0.1) is 5.92 Å². The molecule has 0 radical (unpaired) electrons. The predicted octanol–water partition coefficient (Wildman–Crippen LogP) is 1.83. The molecule has 1 aliphatic rings. The van der Waals surface area contributed by atoms with Gasteiger partial charge in [-0.05, 0) is 31.9 Å². The van der Waals surface area contributed by atoms with Crippen LogP contribution in [0.3, 0.4) is 0 Å². The van der Waals surface area contributed by atoms with E-state index >= 15 is 0 Å². The maximum Gasteiger partial charge on any atom is 0.433 e. The summed E-state index contributed by atoms with van der Waals surface area (Å²) in [6.45, 7) is 2.00. The number of hydrogen-bond acceptors (Lipinski definition) is 3. The highest BCUT2D eigenvalue weighted by Crippen LogP contribution is 2.28. The molecule has 2 amide bonds. The van der Waals surface area contributed by atoms with Crippen LogP contribution in [0.2, 0.25) is 0 Å². The van der Waals surface area contributed by atoms with Crippen molar-refractivity contribution < 1.29 is 22.8 Å². The lowest BCUT2D eigenvalue weighted by Gasteiger charge is -2.36. The van der Waals surface area contributed by atoms with Gasteiger partial charge < -0.3 is 10.6 Å². The van der Waals surface area contributed by atoms with Gasteiger partial charge in [0.2, 0.25) is 5.91 Å². The summed E-state index contributed by atoms with van der Waals surface area (Å²) in [5.41, 5.74) is 4.28. The SMILES string of the molecule is CC1CCC(C(N)=O)CN1C(=O)c1ccc(C(F)(F)F)nc1. The Morgan fingerprint density at radius 3 is 2.50 bits per heavy atom. The quantitative estimate of drug-likeness (QED) is 0.904. The van der Waals surface area contributed by atoms with E-state index in [9.17, 15) is 22.8 Å². The number of piperidine rings is 1. The van der Waals surface area contributed by atoms with Gasteiger partial charge in [-0.15, -0.1) is 0 Å². The van der Waals surface area contributed by atoms with Crippen LogP contribution >= 0.6 is 0 Å². The van der Waals surface area contributed by atoms with Crippen molar-refractivity contribution in [1.82, 2.24) is 9.88 Å². The van der Waals surface area contributed by atoms with Gasteiger partial charge >= 0.3 is 6.18 Å². The molecule has 2 rings (SSSR count). The van der Waals surface area contributed by atoms with Crippen LogP contribution in [0.1, 0.15) is 35.8 Å². The van der Waals surface area contributed by atoms with E-state index in [1.165, 1.54) is 4.90 Å². The van der Waals surface area contributed by atoms with Crippen molar-refractivity contribution in [2.24, 2.45) is 11.7 Å². The molecule has 2 atom stereocenters. The third-order valence-corrected chi connectivity index (χ3v) is 3.85. The summed E-state index contributed by atoms with van der Waals surface area (Å²) in [4.78, 5) is 28.4. The highest BCUT2D eigenvalue weighted by molar-refractivity contribution is 5.94. The molecule has 1 aromatic rings. The minimum atomic E-state index is -4.54. The molecular weight excluding hydrogens is 299 g/mol. The van der Waals surface area contributed by atoms with E-state index in [1.807, 2.05) is 6.92 Å². The fourth-order valence-corrected chi connectivity index (χ4v) is 2.48. The number of likely N-dealkylation sites (tertiary alicyclic amines) is 1. The first-order valence-corrected chi connectivity index (χ1v) is 6.83. The molecule has 8 heteroatoms. The second-order valence-electron chi connectivity index (χ2n) is 5.41. The highest BCUT2D eigenvalue weighted by atomic mass is 19.4. The number of amides is 2. The van der Waals surface area contributed by atoms with E-state index in [4.69, 9.17) is 5.73 Å². The van der Waals surface area contributed by atoms with Crippen molar-refractivity contribution in [2.45, 2.75) is 32.0 Å². The van der Waals surface area contributed by atoms with E-state index < -0.39 is 29.6 Å². The zero-order valence-corrected chi connectivity index (χ0v) is 11.9. The monoisotopic (exact) mass is 315 g/mol. The number of hydrogen-bond donors (Lipinski definition) is 1. The highest BCUT2D eigenvalue weighted by Gasteiger charge is 2.34. The van der Waals surface area contributed by atoms with E-state index in [-0.39, 0.29) is 18.2 Å². The van der Waals surface area contributed by atoms with Gasteiger partial charge in [0.25, 0.3) is 5.91 Å². The fourth-order valence-electron chi connectivity index (χ4n) is 2.48. The van der Waals surface area contributed by atoms with Crippen LogP contribution in [-0.2, 0) is 11.0 Å². The number of nitrogens with two attached hydrogens (primary N) is 1. The molecule has 22 heavy (non-hydrogen) atoms. The summed E-state index contributed by atoms with van der Waals surface area (Å²) in [7, 11) is 0. The second kappa shape index (κ2) is 5.94. The Balaban J connectivity index is 2.17. The van der Waals surface area contributed by atoms with E-state index in [1.54, 1.807) is 0 Å². The number of carbonyl (C=O) groups excluding carboxylic acids is 2. The normalized spacial score (nSPS) is 22.5. The lowest BCUT2D eigenvalue weighted by Crippen LogP contribution is -2.48. The Hall–Kier alpha value is -2.12. The minimum Gasteiger partial charge on any atom is -0.369 e. The molecule has 1 fully saturated rings. The van der Waals surface area contributed by atoms with Crippen LogP contribution in [0.4, 0.5) is 13.2 Å². The van der Waals surface area contributed by atoms with Gasteiger partial charge in [-0.25, -0.2) is 0 Å². The molecule has 2 N–H and O–H groups in total. The largest absolute Gasteiger partial charge is 0.433 e. The Bertz CT molecular complexity index is 572. The number of halogens is 3. The minimum absolute atomic E-state index is 0.0602. The van der Waals surface area contributed by atoms with Gasteiger partial charge in [0, 0.05) is 18.8 Å². The summed E-state index contributed by atoms with van der Waals surface area (Å²) >= 11 is 0. The average Bonchev–Trinajstić information content (AvgIpc) is 2.46. The van der Waals surface area contributed by atoms with Crippen molar-refractivity contribution in [3.63, 3.8) is 0 Å². The third-order valence-electron chi connectivity index (χ3n) is 3.85. The standard InChI is InChI=1S/C14H16F3N3O2/c1-8-2-3-10(12(18)21)7-20(8)13(22)9-4-5-11(19-6-9)14(15,16)17/h4-6,8,10H,2-3,7H2,1H3,(H2,18,21). The van der Waals surface area contributed by atoms with Gasteiger partial charge in [-0.1, -0.05) is 0 Å². The van der Waals surface area contributed by atoms with Crippen LogP contribution in [0.5, 0.6) is 0 Å². The first-order valence-electron chi connectivity index (χ1n) is 6.83. The molecule has 2 unspecified atom stereocenters. The molecule has 1 aromatic heterocycles. The molecular formula is C14H16F3N3O2. The topological polar surface area (TPSA) is 76.3 Å². The molecule has 0 saturated carbocycles. The number of carbonyl (C=O) groups is 2. The molecule has 120 valence electrons. The molecule has 2 heterocycles. The lowest BCUT2D eigenvalue weighted by molar-refractivity contribution is -0.141. The van der Waals surface area contributed by atoms with Gasteiger partial charge in [-0.3, -0.25) is 14.6 Å². The molecule has 0 bridgehead atoms. The number of aromatic nitrogens is 1. The Labute approximate surface area is 125 Å². The van der Waals surface area contributed by atoms with Crippen molar-refractivity contribution in [2.75, 3.05) is 6.54 Å². The molecule has 1 aliphatic heterocycles. The summed E-state index contributed by atoms with van der Waals surface area (Å²) in [5, 5.41) is 0. The Morgan fingerprint density at radius 2 is 2.00 bits per heavy atom. The number of pyridine rings is 1. The summed E-state index contributed by atoms with van der Waals surface area (Å²) < 4.78 is 37.4. The van der Waals surface area contributed by atoms with Crippen molar-refractivity contribution in [3.05, 3.63) is 29.6 Å². The molecule has 0 spiro atoms. The number of alkyl halides is 3. The van der Waals surface area contributed by atoms with Crippen LogP contribution in [-0.4, -0.2) is 34.3 Å². The second-order valence-corrected chi connectivity index (χ2v) is 5.41. The van der Waals surface area contributed by atoms with Crippen molar-refractivity contribution in [1.29, 1.82) is 0 Å². The number of nitrogens with zero attached hydrogens (tertiary/aromatic N) is 2. The first kappa shape index (κ1) is 16.3. The van der Waals surface area contributed by atoms with Gasteiger partial charge in [0.15, 0.2) is 0 Å². The zero-order chi connectivity index (χ0) is 16.5. The molecule has 5 nitrogen and oxygen atoms in total. The third kappa shape index (κ3) is 3.37. The molecule has 0 aliphatic carbocycles. The van der Waals surface area contributed by atoms with Crippen LogP contribution in [0.25, 0.3) is 0 Å². The van der Waals surface area contributed by atoms with Crippen LogP contribution < -0.4 is 5.73 Å². The Kier molecular flexibility index (Phi) is 4.39. The van der Waals surface area contributed by atoms with E-state index in [2.05, 4.69) is 4.98 Å². The number of rotatable bonds is 2. The first-order chi connectivity index (χ1) is 10.2. The van der Waals surface area contributed by atoms with E-state index in [0.717, 1.165) is 18.3 Å². The fraction of sp³-hybridized carbons (Fsp3) is 0.500. The summed E-state index contributed by atoms with van der Waals surface area (Å²) in [5.74, 6) is -1.35. The predicted molar refractivity (Wildman–Crippen MR) is 71.7 cm³/mol. The molecule has 0 aromatic carbocycles. The van der Waals surface area contributed by atoms with E-state index in [0.29, 0.717) is 12.8 Å². The number of primary amides is 1. The maximum atomic E-state index is 12.5. The summed E-state index contributed by atoms with van der Waals surface area (Å²) in [6, 6.07) is 1.76. The van der Waals surface area contributed by atoms with Gasteiger partial charge in [0.1, 0.15) is 5.69 Å². The summed E-state index contributed by atoms with van der Waals surface area (Å²) in [6.07, 6.45) is -2.41. The van der Waals surface area contributed by atoms with Crippen molar-refractivity contribution >= 4 is 11.8 Å². The molecule has 1 saturated heterocycles. The van der Waals surface area contributed by atoms with Gasteiger partial charge in [-0.2, -0.15) is 13.2 Å².